The van der Waals surface area contributed by atoms with E-state index in [-0.39, 0.29) is 5.82 Å². The molecule has 21 heavy (non-hydrogen) atoms. The maximum Gasteiger partial charge on any atom is 0.138 e. The van der Waals surface area contributed by atoms with Crippen molar-refractivity contribution >= 4 is 11.6 Å². The highest BCUT2D eigenvalue weighted by atomic mass is 35.5. The summed E-state index contributed by atoms with van der Waals surface area (Å²) >= 11 is 6.00. The first-order valence-electron chi connectivity index (χ1n) is 7.03. The standard InChI is InChI=1S/C17H17ClFNO/c1-21-17-9-12(3-7-15(17)18)14-6-2-11(8-16(14)19)10-20-13-4-5-13/h2-3,6-9,13,20H,4-5,10H2,1H3. The molecule has 1 N–H and O–H groups in total. The van der Waals surface area contributed by atoms with Gasteiger partial charge < -0.3 is 10.1 Å². The van der Waals surface area contributed by atoms with E-state index in [0.29, 0.717) is 28.9 Å². The quantitative estimate of drug-likeness (QED) is 0.883. The molecule has 0 bridgehead atoms. The van der Waals surface area contributed by atoms with Gasteiger partial charge in [0.25, 0.3) is 0 Å². The molecule has 1 aliphatic carbocycles. The zero-order valence-corrected chi connectivity index (χ0v) is 12.6. The van der Waals surface area contributed by atoms with E-state index in [4.69, 9.17) is 16.3 Å². The molecule has 0 amide bonds. The predicted molar refractivity (Wildman–Crippen MR) is 83.3 cm³/mol. The Bertz CT molecular complexity index is 655. The minimum absolute atomic E-state index is 0.227. The smallest absolute Gasteiger partial charge is 0.138 e. The Kier molecular flexibility index (Phi) is 4.13. The molecular weight excluding hydrogens is 289 g/mol. The highest BCUT2D eigenvalue weighted by Gasteiger charge is 2.20. The molecule has 1 fully saturated rings. The second-order valence-electron chi connectivity index (χ2n) is 5.32. The molecule has 110 valence electrons. The fourth-order valence-electron chi connectivity index (χ4n) is 2.28. The van der Waals surface area contributed by atoms with E-state index in [1.165, 1.54) is 12.8 Å². The summed E-state index contributed by atoms with van der Waals surface area (Å²) in [6, 6.07) is 11.2. The second-order valence-corrected chi connectivity index (χ2v) is 5.73. The summed E-state index contributed by atoms with van der Waals surface area (Å²) in [5.74, 6) is 0.322. The van der Waals surface area contributed by atoms with Gasteiger partial charge in [-0.05, 0) is 42.2 Å². The topological polar surface area (TPSA) is 21.3 Å². The lowest BCUT2D eigenvalue weighted by Gasteiger charge is -2.09. The molecule has 0 unspecified atom stereocenters. The molecule has 0 atom stereocenters. The van der Waals surface area contributed by atoms with E-state index in [1.54, 1.807) is 31.4 Å². The van der Waals surface area contributed by atoms with Gasteiger partial charge in [-0.15, -0.1) is 0 Å². The van der Waals surface area contributed by atoms with Crippen LogP contribution in [0.3, 0.4) is 0 Å². The summed E-state index contributed by atoms with van der Waals surface area (Å²) in [5.41, 5.74) is 2.28. The molecule has 0 saturated heterocycles. The van der Waals surface area contributed by atoms with Crippen molar-refractivity contribution in [3.05, 3.63) is 52.8 Å². The highest BCUT2D eigenvalue weighted by molar-refractivity contribution is 6.32. The number of hydrogen-bond acceptors (Lipinski definition) is 2. The van der Waals surface area contributed by atoms with Crippen LogP contribution in [-0.4, -0.2) is 13.2 Å². The molecule has 1 aliphatic rings. The summed E-state index contributed by atoms with van der Waals surface area (Å²) in [7, 11) is 1.55. The SMILES string of the molecule is COc1cc(-c2ccc(CNC3CC3)cc2F)ccc1Cl. The molecule has 2 nitrogen and oxygen atoms in total. The number of methoxy groups -OCH3 is 1. The molecular formula is C17H17ClFNO. The fourth-order valence-corrected chi connectivity index (χ4v) is 2.47. The minimum Gasteiger partial charge on any atom is -0.495 e. The lowest BCUT2D eigenvalue weighted by Crippen LogP contribution is -2.15. The lowest BCUT2D eigenvalue weighted by molar-refractivity contribution is 0.415. The van der Waals surface area contributed by atoms with Crippen molar-refractivity contribution in [2.24, 2.45) is 0 Å². The van der Waals surface area contributed by atoms with Gasteiger partial charge in [0.1, 0.15) is 11.6 Å². The summed E-state index contributed by atoms with van der Waals surface area (Å²) in [6.07, 6.45) is 2.45. The van der Waals surface area contributed by atoms with Crippen LogP contribution >= 0.6 is 11.6 Å². The second kappa shape index (κ2) is 6.04. The largest absolute Gasteiger partial charge is 0.495 e. The van der Waals surface area contributed by atoms with Crippen molar-refractivity contribution in [2.75, 3.05) is 7.11 Å². The van der Waals surface area contributed by atoms with E-state index in [9.17, 15) is 4.39 Å². The number of benzene rings is 2. The van der Waals surface area contributed by atoms with Crippen molar-refractivity contribution in [1.29, 1.82) is 0 Å². The van der Waals surface area contributed by atoms with Crippen molar-refractivity contribution in [1.82, 2.24) is 5.32 Å². The number of ether oxygens (including phenoxy) is 1. The van der Waals surface area contributed by atoms with Gasteiger partial charge in [0.15, 0.2) is 0 Å². The van der Waals surface area contributed by atoms with Crippen LogP contribution in [0.2, 0.25) is 5.02 Å². The lowest BCUT2D eigenvalue weighted by atomic mass is 10.0. The third-order valence-corrected chi connectivity index (χ3v) is 3.98. The maximum absolute atomic E-state index is 14.3. The Morgan fingerprint density at radius 2 is 2.05 bits per heavy atom. The Morgan fingerprint density at radius 1 is 1.24 bits per heavy atom. The first kappa shape index (κ1) is 14.4. The number of halogens is 2. The molecule has 0 aliphatic heterocycles. The molecule has 0 heterocycles. The van der Waals surface area contributed by atoms with Crippen LogP contribution in [-0.2, 0) is 6.54 Å². The Hall–Kier alpha value is -1.58. The predicted octanol–water partition coefficient (Wildman–Crippen LogP) is 4.41. The molecule has 0 aromatic heterocycles. The molecule has 2 aromatic rings. The van der Waals surface area contributed by atoms with E-state index in [2.05, 4.69) is 5.32 Å². The van der Waals surface area contributed by atoms with Gasteiger partial charge in [-0.1, -0.05) is 29.8 Å². The Labute approximate surface area is 128 Å². The van der Waals surface area contributed by atoms with E-state index in [1.807, 2.05) is 12.1 Å². The zero-order chi connectivity index (χ0) is 14.8. The van der Waals surface area contributed by atoms with Crippen molar-refractivity contribution in [3.63, 3.8) is 0 Å². The third kappa shape index (κ3) is 3.36. The van der Waals surface area contributed by atoms with Gasteiger partial charge in [-0.3, -0.25) is 0 Å². The third-order valence-electron chi connectivity index (χ3n) is 3.67. The molecule has 3 rings (SSSR count). The summed E-state index contributed by atoms with van der Waals surface area (Å²) in [5, 5.41) is 3.90. The van der Waals surface area contributed by atoms with E-state index in [0.717, 1.165) is 11.1 Å². The molecule has 4 heteroatoms. The van der Waals surface area contributed by atoms with Gasteiger partial charge in [0.2, 0.25) is 0 Å². The Balaban J connectivity index is 1.84. The molecule has 2 aromatic carbocycles. The highest BCUT2D eigenvalue weighted by Crippen LogP contribution is 2.32. The van der Waals surface area contributed by atoms with E-state index < -0.39 is 0 Å². The van der Waals surface area contributed by atoms with Gasteiger partial charge in [0, 0.05) is 18.2 Å². The first-order valence-corrected chi connectivity index (χ1v) is 7.41. The van der Waals surface area contributed by atoms with Gasteiger partial charge in [-0.2, -0.15) is 0 Å². The van der Waals surface area contributed by atoms with Crippen LogP contribution in [0.1, 0.15) is 18.4 Å². The average molecular weight is 306 g/mol. The minimum atomic E-state index is -0.227. The average Bonchev–Trinajstić information content (AvgIpc) is 3.30. The van der Waals surface area contributed by atoms with Crippen molar-refractivity contribution in [2.45, 2.75) is 25.4 Å². The van der Waals surface area contributed by atoms with Crippen LogP contribution in [0.25, 0.3) is 11.1 Å². The number of nitrogens with one attached hydrogen (secondary N) is 1. The summed E-state index contributed by atoms with van der Waals surface area (Å²) in [6.45, 7) is 0.714. The molecule has 0 spiro atoms. The van der Waals surface area contributed by atoms with Crippen LogP contribution < -0.4 is 10.1 Å². The van der Waals surface area contributed by atoms with Crippen LogP contribution in [0.15, 0.2) is 36.4 Å². The molecule has 1 saturated carbocycles. The van der Waals surface area contributed by atoms with Crippen LogP contribution in [0.5, 0.6) is 5.75 Å². The van der Waals surface area contributed by atoms with Crippen molar-refractivity contribution < 1.29 is 9.13 Å². The first-order chi connectivity index (χ1) is 10.2. The Morgan fingerprint density at radius 3 is 2.71 bits per heavy atom. The fraction of sp³-hybridized carbons (Fsp3) is 0.294. The molecule has 0 radical (unpaired) electrons. The van der Waals surface area contributed by atoms with Crippen LogP contribution in [0, 0.1) is 5.82 Å². The van der Waals surface area contributed by atoms with Gasteiger partial charge >= 0.3 is 0 Å². The van der Waals surface area contributed by atoms with Gasteiger partial charge in [-0.25, -0.2) is 4.39 Å². The van der Waals surface area contributed by atoms with E-state index >= 15 is 0 Å². The number of hydrogen-bond donors (Lipinski definition) is 1. The van der Waals surface area contributed by atoms with Gasteiger partial charge in [0.05, 0.1) is 12.1 Å². The summed E-state index contributed by atoms with van der Waals surface area (Å²) < 4.78 is 19.5. The number of rotatable bonds is 5. The van der Waals surface area contributed by atoms with Crippen molar-refractivity contribution in [3.8, 4) is 16.9 Å². The van der Waals surface area contributed by atoms with Crippen LogP contribution in [0.4, 0.5) is 4.39 Å². The maximum atomic E-state index is 14.3. The summed E-state index contributed by atoms with van der Waals surface area (Å²) in [4.78, 5) is 0. The normalized spacial score (nSPS) is 14.2. The zero-order valence-electron chi connectivity index (χ0n) is 11.8. The monoisotopic (exact) mass is 305 g/mol.